The summed E-state index contributed by atoms with van der Waals surface area (Å²) in [5.74, 6) is 0.689. The Balaban J connectivity index is 1.09. The third-order valence-electron chi connectivity index (χ3n) is 6.61. The number of carbonyl (C=O) groups excluding carboxylic acids is 1. The second-order valence-electron chi connectivity index (χ2n) is 9.20. The minimum atomic E-state index is -0.225. The van der Waals surface area contributed by atoms with Gasteiger partial charge in [-0.2, -0.15) is 10.4 Å². The topological polar surface area (TPSA) is 108 Å². The van der Waals surface area contributed by atoms with Crippen molar-refractivity contribution in [2.24, 2.45) is 5.92 Å². The van der Waals surface area contributed by atoms with Crippen LogP contribution in [0.3, 0.4) is 0 Å². The number of anilines is 2. The number of hydrogen-bond donors (Lipinski definition) is 2. The quantitative estimate of drug-likeness (QED) is 0.388. The van der Waals surface area contributed by atoms with Gasteiger partial charge in [0.1, 0.15) is 5.65 Å². The van der Waals surface area contributed by atoms with Crippen LogP contribution in [0.2, 0.25) is 5.02 Å². The minimum Gasteiger partial charge on any atom is -0.378 e. The summed E-state index contributed by atoms with van der Waals surface area (Å²) >= 11 is 6.10. The SMILES string of the molecule is N#Cc1ccc(Cl)cc1[C@H]1C[C@@H]1C(=O)Nc1cc(NCc2cn3cc(C4CC4)ccc3n2)cnn1. The van der Waals surface area contributed by atoms with Crippen molar-refractivity contribution in [2.75, 3.05) is 10.6 Å². The molecule has 2 aliphatic rings. The number of fused-ring (bicyclic) bond motifs is 1. The number of nitrogens with zero attached hydrogens (tertiary/aromatic N) is 5. The summed E-state index contributed by atoms with van der Waals surface area (Å²) in [6.07, 6.45) is 9.02. The summed E-state index contributed by atoms with van der Waals surface area (Å²) in [4.78, 5) is 17.5. The molecule has 35 heavy (non-hydrogen) atoms. The molecule has 3 heterocycles. The number of nitriles is 1. The van der Waals surface area contributed by atoms with E-state index < -0.39 is 0 Å². The van der Waals surface area contributed by atoms with Crippen LogP contribution in [0.4, 0.5) is 11.5 Å². The van der Waals surface area contributed by atoms with Crippen molar-refractivity contribution in [3.8, 4) is 6.07 Å². The Morgan fingerprint density at radius 1 is 1.20 bits per heavy atom. The van der Waals surface area contributed by atoms with E-state index in [-0.39, 0.29) is 17.7 Å². The number of benzene rings is 1. The molecule has 0 bridgehead atoms. The molecule has 0 radical (unpaired) electrons. The molecule has 2 saturated carbocycles. The number of amides is 1. The number of halogens is 1. The Morgan fingerprint density at radius 2 is 2.09 bits per heavy atom. The van der Waals surface area contributed by atoms with E-state index in [1.807, 2.05) is 6.20 Å². The van der Waals surface area contributed by atoms with Gasteiger partial charge < -0.3 is 15.0 Å². The number of rotatable bonds is 7. The van der Waals surface area contributed by atoms with Gasteiger partial charge in [0, 0.05) is 29.4 Å². The molecule has 2 N–H and O–H groups in total. The van der Waals surface area contributed by atoms with Crippen LogP contribution >= 0.6 is 11.6 Å². The molecule has 1 aromatic carbocycles. The first-order valence-electron chi connectivity index (χ1n) is 11.6. The van der Waals surface area contributed by atoms with Gasteiger partial charge in [0.25, 0.3) is 0 Å². The molecule has 0 spiro atoms. The van der Waals surface area contributed by atoms with Crippen molar-refractivity contribution in [3.05, 3.63) is 82.4 Å². The fraction of sp³-hybridized carbons (Fsp3) is 0.269. The second kappa shape index (κ2) is 8.67. The van der Waals surface area contributed by atoms with Crippen molar-refractivity contribution in [2.45, 2.75) is 37.6 Å². The van der Waals surface area contributed by atoms with Crippen molar-refractivity contribution < 1.29 is 4.79 Å². The molecule has 2 atom stereocenters. The third-order valence-corrected chi connectivity index (χ3v) is 6.85. The molecule has 174 valence electrons. The summed E-state index contributed by atoms with van der Waals surface area (Å²) in [5.41, 5.74) is 5.31. The van der Waals surface area contributed by atoms with Crippen LogP contribution < -0.4 is 10.6 Å². The van der Waals surface area contributed by atoms with E-state index in [0.29, 0.717) is 35.3 Å². The molecule has 2 aliphatic carbocycles. The van der Waals surface area contributed by atoms with Crippen molar-refractivity contribution in [1.82, 2.24) is 19.6 Å². The monoisotopic (exact) mass is 483 g/mol. The Labute approximate surface area is 207 Å². The maximum atomic E-state index is 12.8. The molecule has 0 saturated heterocycles. The lowest BCUT2D eigenvalue weighted by atomic mass is 10.0. The van der Waals surface area contributed by atoms with E-state index in [1.54, 1.807) is 30.5 Å². The minimum absolute atomic E-state index is 0.0203. The maximum absolute atomic E-state index is 12.8. The summed E-state index contributed by atoms with van der Waals surface area (Å²) in [6.45, 7) is 0.524. The van der Waals surface area contributed by atoms with Gasteiger partial charge >= 0.3 is 0 Å². The van der Waals surface area contributed by atoms with E-state index >= 15 is 0 Å². The zero-order valence-corrected chi connectivity index (χ0v) is 19.5. The molecule has 8 nitrogen and oxygen atoms in total. The first-order chi connectivity index (χ1) is 17.1. The molecule has 3 aromatic heterocycles. The van der Waals surface area contributed by atoms with Gasteiger partial charge in [-0.3, -0.25) is 4.79 Å². The Kier molecular flexibility index (Phi) is 5.34. The lowest BCUT2D eigenvalue weighted by Crippen LogP contribution is -2.16. The first-order valence-corrected chi connectivity index (χ1v) is 12.0. The second-order valence-corrected chi connectivity index (χ2v) is 9.64. The molecule has 1 amide bonds. The third kappa shape index (κ3) is 4.55. The van der Waals surface area contributed by atoms with Gasteiger partial charge in [-0.1, -0.05) is 17.7 Å². The molecular formula is C26H22ClN7O. The smallest absolute Gasteiger partial charge is 0.229 e. The zero-order chi connectivity index (χ0) is 23.9. The van der Waals surface area contributed by atoms with Gasteiger partial charge in [-0.15, -0.1) is 5.10 Å². The van der Waals surface area contributed by atoms with Gasteiger partial charge in [0.2, 0.25) is 5.91 Å². The molecule has 9 heteroatoms. The number of imidazole rings is 1. The average molecular weight is 484 g/mol. The largest absolute Gasteiger partial charge is 0.378 e. The molecule has 4 aromatic rings. The van der Waals surface area contributed by atoms with E-state index in [2.05, 4.69) is 54.6 Å². The predicted molar refractivity (Wildman–Crippen MR) is 132 cm³/mol. The fourth-order valence-electron chi connectivity index (χ4n) is 4.51. The van der Waals surface area contributed by atoms with Crippen LogP contribution in [0, 0.1) is 17.2 Å². The molecule has 2 fully saturated rings. The highest BCUT2D eigenvalue weighted by molar-refractivity contribution is 6.30. The normalized spacial score (nSPS) is 18.7. The fourth-order valence-corrected chi connectivity index (χ4v) is 4.69. The number of nitrogens with one attached hydrogen (secondary N) is 2. The number of pyridine rings is 1. The highest BCUT2D eigenvalue weighted by Gasteiger charge is 2.45. The van der Waals surface area contributed by atoms with Crippen molar-refractivity contribution in [1.29, 1.82) is 5.26 Å². The van der Waals surface area contributed by atoms with Gasteiger partial charge in [-0.25, -0.2) is 4.98 Å². The van der Waals surface area contributed by atoms with E-state index in [4.69, 9.17) is 11.6 Å². The Hall–Kier alpha value is -3.96. The lowest BCUT2D eigenvalue weighted by Gasteiger charge is -2.08. The van der Waals surface area contributed by atoms with Crippen molar-refractivity contribution >= 4 is 34.7 Å². The summed E-state index contributed by atoms with van der Waals surface area (Å²) in [7, 11) is 0. The van der Waals surface area contributed by atoms with Gasteiger partial charge in [0.05, 0.1) is 35.8 Å². The highest BCUT2D eigenvalue weighted by atomic mass is 35.5. The molecule has 0 aliphatic heterocycles. The first kappa shape index (κ1) is 21.6. The van der Waals surface area contributed by atoms with Crippen LogP contribution in [0.25, 0.3) is 5.65 Å². The molecule has 6 rings (SSSR count). The summed E-state index contributed by atoms with van der Waals surface area (Å²) in [6, 6.07) is 13.3. The van der Waals surface area contributed by atoms with Crippen LogP contribution in [0.5, 0.6) is 0 Å². The Morgan fingerprint density at radius 3 is 2.91 bits per heavy atom. The van der Waals surface area contributed by atoms with Crippen LogP contribution in [-0.4, -0.2) is 25.5 Å². The molecule has 0 unspecified atom stereocenters. The van der Waals surface area contributed by atoms with Crippen molar-refractivity contribution in [3.63, 3.8) is 0 Å². The average Bonchev–Trinajstić information content (AvgIpc) is 3.79. The number of aromatic nitrogens is 4. The van der Waals surface area contributed by atoms with Gasteiger partial charge in [0.15, 0.2) is 5.82 Å². The van der Waals surface area contributed by atoms with E-state index in [9.17, 15) is 10.1 Å². The van der Waals surface area contributed by atoms with Crippen LogP contribution in [0.1, 0.15) is 53.5 Å². The van der Waals surface area contributed by atoms with Crippen LogP contribution in [0.15, 0.2) is 55.0 Å². The molecular weight excluding hydrogens is 462 g/mol. The Bertz CT molecular complexity index is 1490. The van der Waals surface area contributed by atoms with Gasteiger partial charge in [-0.05, 0) is 66.5 Å². The maximum Gasteiger partial charge on any atom is 0.229 e. The summed E-state index contributed by atoms with van der Waals surface area (Å²) in [5, 5.41) is 24.1. The highest BCUT2D eigenvalue weighted by Crippen LogP contribution is 2.49. The predicted octanol–water partition coefficient (Wildman–Crippen LogP) is 4.88. The van der Waals surface area contributed by atoms with E-state index in [0.717, 1.165) is 22.6 Å². The number of carbonyl (C=O) groups is 1. The zero-order valence-electron chi connectivity index (χ0n) is 18.8. The number of hydrogen-bond acceptors (Lipinski definition) is 6. The van der Waals surface area contributed by atoms with E-state index in [1.165, 1.54) is 18.4 Å². The summed E-state index contributed by atoms with van der Waals surface area (Å²) < 4.78 is 2.07. The lowest BCUT2D eigenvalue weighted by molar-refractivity contribution is -0.117. The standard InChI is InChI=1S/C26H22ClN7O/c27-18-5-3-16(10-28)21(7-18)22-9-23(22)26(35)32-24-8-19(12-30-33-24)29-11-20-14-34-13-17(15-1-2-15)4-6-25(34)31-20/h3-8,12-15,22-23H,1-2,9,11H2,(H2,29,32,33,35)/t22-,23+/m1/s1. The van der Waals surface area contributed by atoms with Crippen LogP contribution in [-0.2, 0) is 11.3 Å².